The highest BCUT2D eigenvalue weighted by Crippen LogP contribution is 2.29. The van der Waals surface area contributed by atoms with Crippen molar-refractivity contribution in [2.45, 2.75) is 36.7 Å². The monoisotopic (exact) mass is 445 g/mol. The predicted molar refractivity (Wildman–Crippen MR) is 102 cm³/mol. The van der Waals surface area contributed by atoms with Crippen molar-refractivity contribution in [3.8, 4) is 5.75 Å². The Morgan fingerprint density at radius 3 is 2.46 bits per heavy atom. The molecule has 1 saturated heterocycles. The van der Waals surface area contributed by atoms with Gasteiger partial charge in [-0.2, -0.15) is 4.31 Å². The molecule has 0 radical (unpaired) electrons. The molecule has 0 spiro atoms. The van der Waals surface area contributed by atoms with Crippen molar-refractivity contribution in [2.75, 3.05) is 33.3 Å². The number of carbonyl (C=O) groups excluding carboxylic acids is 1. The second-order valence-corrected chi connectivity index (χ2v) is 9.49. The lowest BCUT2D eigenvalue weighted by molar-refractivity contribution is -0.126. The number of sulfonamides is 1. The van der Waals surface area contributed by atoms with Gasteiger partial charge in [-0.05, 0) is 53.9 Å². The van der Waals surface area contributed by atoms with Gasteiger partial charge in [0.25, 0.3) is 0 Å². The minimum Gasteiger partial charge on any atom is -0.496 e. The number of hydrogen-bond donors (Lipinski definition) is 1. The van der Waals surface area contributed by atoms with Crippen LogP contribution in [0.25, 0.3) is 0 Å². The summed E-state index contributed by atoms with van der Waals surface area (Å²) in [6.07, 6.45) is 2.11. The van der Waals surface area contributed by atoms with E-state index >= 15 is 0 Å². The van der Waals surface area contributed by atoms with Gasteiger partial charge in [-0.25, -0.2) is 8.42 Å². The zero-order valence-electron chi connectivity index (χ0n) is 14.9. The van der Waals surface area contributed by atoms with E-state index in [1.807, 2.05) is 11.8 Å². The minimum absolute atomic E-state index is 0.0305. The van der Waals surface area contributed by atoms with E-state index in [1.165, 1.54) is 11.4 Å². The quantitative estimate of drug-likeness (QED) is 0.716. The van der Waals surface area contributed by atoms with Crippen molar-refractivity contribution in [1.29, 1.82) is 0 Å². The molecule has 2 aliphatic rings. The molecule has 1 aromatic carbocycles. The molecule has 1 saturated carbocycles. The first-order chi connectivity index (χ1) is 12.3. The molecule has 0 bridgehead atoms. The number of nitrogens with one attached hydrogen (secondary N) is 1. The van der Waals surface area contributed by atoms with Gasteiger partial charge in [-0.3, -0.25) is 9.69 Å². The predicted octanol–water partition coefficient (Wildman–Crippen LogP) is 1.43. The average Bonchev–Trinajstić information content (AvgIpc) is 3.45. The van der Waals surface area contributed by atoms with E-state index in [-0.39, 0.29) is 16.8 Å². The number of benzene rings is 1. The van der Waals surface area contributed by atoms with Gasteiger partial charge in [-0.15, -0.1) is 0 Å². The second kappa shape index (κ2) is 7.84. The molecular weight excluding hydrogens is 422 g/mol. The van der Waals surface area contributed by atoms with Crippen LogP contribution in [0.2, 0.25) is 0 Å². The average molecular weight is 446 g/mol. The number of piperazine rings is 1. The summed E-state index contributed by atoms with van der Waals surface area (Å²) in [5, 5.41) is 3.01. The summed E-state index contributed by atoms with van der Waals surface area (Å²) >= 11 is 3.33. The minimum atomic E-state index is -3.57. The smallest absolute Gasteiger partial charge is 0.243 e. The number of ether oxygens (including phenoxy) is 1. The Kier molecular flexibility index (Phi) is 5.91. The van der Waals surface area contributed by atoms with Gasteiger partial charge in [0.15, 0.2) is 0 Å². The number of hydrogen-bond acceptors (Lipinski definition) is 5. The van der Waals surface area contributed by atoms with Crippen molar-refractivity contribution in [3.05, 3.63) is 22.7 Å². The molecule has 1 N–H and O–H groups in total. The third-order valence-corrected chi connectivity index (χ3v) is 7.40. The van der Waals surface area contributed by atoms with Gasteiger partial charge >= 0.3 is 0 Å². The summed E-state index contributed by atoms with van der Waals surface area (Å²) in [6, 6.07) is 4.84. The fourth-order valence-corrected chi connectivity index (χ4v) is 5.14. The van der Waals surface area contributed by atoms with Crippen molar-refractivity contribution >= 4 is 31.9 Å². The van der Waals surface area contributed by atoms with Crippen LogP contribution in [-0.2, 0) is 14.8 Å². The molecule has 1 aliphatic heterocycles. The lowest BCUT2D eigenvalue weighted by Gasteiger charge is -2.36. The molecule has 3 rings (SSSR count). The van der Waals surface area contributed by atoms with Gasteiger partial charge in [0.05, 0.1) is 22.5 Å². The third-order valence-electron chi connectivity index (χ3n) is 4.89. The molecule has 144 valence electrons. The van der Waals surface area contributed by atoms with Crippen LogP contribution < -0.4 is 10.1 Å². The number of rotatable bonds is 6. The first kappa shape index (κ1) is 19.6. The highest BCUT2D eigenvalue weighted by atomic mass is 79.9. The van der Waals surface area contributed by atoms with Crippen LogP contribution >= 0.6 is 15.9 Å². The Morgan fingerprint density at radius 2 is 1.92 bits per heavy atom. The fourth-order valence-electron chi connectivity index (χ4n) is 3.00. The maximum Gasteiger partial charge on any atom is 0.243 e. The Hall–Kier alpha value is -1.16. The fraction of sp³-hybridized carbons (Fsp3) is 0.588. The van der Waals surface area contributed by atoms with E-state index in [0.29, 0.717) is 42.4 Å². The molecule has 7 nitrogen and oxygen atoms in total. The Morgan fingerprint density at radius 1 is 1.27 bits per heavy atom. The Bertz CT molecular complexity index is 774. The van der Waals surface area contributed by atoms with Gasteiger partial charge < -0.3 is 10.1 Å². The van der Waals surface area contributed by atoms with E-state index in [1.54, 1.807) is 18.2 Å². The molecule has 2 fully saturated rings. The standard InChI is InChI=1S/C17H24BrN3O4S/c1-12(17(22)19-13-3-4-13)20-7-9-21(10-8-20)26(23,24)14-5-6-16(25-2)15(18)11-14/h5-6,11-13H,3-4,7-10H2,1-2H3,(H,19,22). The number of nitrogens with zero attached hydrogens (tertiary/aromatic N) is 2. The zero-order valence-corrected chi connectivity index (χ0v) is 17.3. The SMILES string of the molecule is COc1ccc(S(=O)(=O)N2CCN(C(C)C(=O)NC3CC3)CC2)cc1Br. The summed E-state index contributed by atoms with van der Waals surface area (Å²) in [6.45, 7) is 3.69. The molecular formula is C17H24BrN3O4S. The summed E-state index contributed by atoms with van der Waals surface area (Å²) in [4.78, 5) is 14.5. The lowest BCUT2D eigenvalue weighted by Crippen LogP contribution is -2.55. The van der Waals surface area contributed by atoms with E-state index < -0.39 is 10.0 Å². The van der Waals surface area contributed by atoms with Gasteiger partial charge in [0.2, 0.25) is 15.9 Å². The van der Waals surface area contributed by atoms with Gasteiger partial charge in [-0.1, -0.05) is 0 Å². The molecule has 26 heavy (non-hydrogen) atoms. The van der Waals surface area contributed by atoms with Crippen molar-refractivity contribution in [3.63, 3.8) is 0 Å². The summed E-state index contributed by atoms with van der Waals surface area (Å²) in [7, 11) is -2.03. The van der Waals surface area contributed by atoms with E-state index in [9.17, 15) is 13.2 Å². The first-order valence-electron chi connectivity index (χ1n) is 8.71. The van der Waals surface area contributed by atoms with Crippen LogP contribution in [-0.4, -0.2) is 68.9 Å². The number of methoxy groups -OCH3 is 1. The van der Waals surface area contributed by atoms with Crippen LogP contribution in [0.5, 0.6) is 5.75 Å². The summed E-state index contributed by atoms with van der Waals surface area (Å²) in [5.41, 5.74) is 0. The number of halogens is 1. The van der Waals surface area contributed by atoms with E-state index in [2.05, 4.69) is 21.2 Å². The largest absolute Gasteiger partial charge is 0.496 e. The molecule has 1 unspecified atom stereocenters. The van der Waals surface area contributed by atoms with Gasteiger partial charge in [0, 0.05) is 32.2 Å². The lowest BCUT2D eigenvalue weighted by atomic mass is 10.2. The molecule has 1 aromatic rings. The Balaban J connectivity index is 1.62. The Labute approximate surface area is 162 Å². The second-order valence-electron chi connectivity index (χ2n) is 6.70. The number of carbonyl (C=O) groups is 1. The highest BCUT2D eigenvalue weighted by molar-refractivity contribution is 9.10. The summed E-state index contributed by atoms with van der Waals surface area (Å²) < 4.78 is 33.0. The number of amides is 1. The zero-order chi connectivity index (χ0) is 18.9. The summed E-state index contributed by atoms with van der Waals surface area (Å²) in [5.74, 6) is 0.618. The van der Waals surface area contributed by atoms with E-state index in [4.69, 9.17) is 4.74 Å². The van der Waals surface area contributed by atoms with Crippen LogP contribution in [0.15, 0.2) is 27.6 Å². The maximum absolute atomic E-state index is 12.9. The first-order valence-corrected chi connectivity index (χ1v) is 10.9. The third kappa shape index (κ3) is 4.21. The van der Waals surface area contributed by atoms with Crippen molar-refractivity contribution in [1.82, 2.24) is 14.5 Å². The van der Waals surface area contributed by atoms with Gasteiger partial charge in [0.1, 0.15) is 5.75 Å². The highest BCUT2D eigenvalue weighted by Gasteiger charge is 2.33. The van der Waals surface area contributed by atoms with Crippen molar-refractivity contribution in [2.24, 2.45) is 0 Å². The molecule has 9 heteroatoms. The molecule has 1 aliphatic carbocycles. The molecule has 0 aromatic heterocycles. The normalized spacial score (nSPS) is 20.6. The maximum atomic E-state index is 12.9. The van der Waals surface area contributed by atoms with Crippen LogP contribution in [0.3, 0.4) is 0 Å². The topological polar surface area (TPSA) is 79.0 Å². The van der Waals surface area contributed by atoms with Crippen molar-refractivity contribution < 1.29 is 17.9 Å². The molecule has 1 heterocycles. The van der Waals surface area contributed by atoms with Crippen LogP contribution in [0.1, 0.15) is 19.8 Å². The van der Waals surface area contributed by atoms with E-state index in [0.717, 1.165) is 12.8 Å². The van der Waals surface area contributed by atoms with Crippen LogP contribution in [0, 0.1) is 0 Å². The van der Waals surface area contributed by atoms with Crippen LogP contribution in [0.4, 0.5) is 0 Å². The molecule has 1 amide bonds. The molecule has 1 atom stereocenters.